The molecule has 0 bridgehead atoms. The molecule has 1 heterocycles. The summed E-state index contributed by atoms with van der Waals surface area (Å²) in [5.74, 6) is 0. The molecule has 1 aromatic heterocycles. The van der Waals surface area contributed by atoms with Gasteiger partial charge in [-0.1, -0.05) is 12.1 Å². The summed E-state index contributed by atoms with van der Waals surface area (Å²) in [5, 5.41) is 7.64. The second kappa shape index (κ2) is 5.23. The summed E-state index contributed by atoms with van der Waals surface area (Å²) in [6.07, 6.45) is 4.43. The second-order valence-electron chi connectivity index (χ2n) is 2.32. The zero-order valence-electron chi connectivity index (χ0n) is 7.07. The van der Waals surface area contributed by atoms with Crippen LogP contribution in [-0.2, 0) is 0 Å². The van der Waals surface area contributed by atoms with Crippen LogP contribution in [0.15, 0.2) is 34.9 Å². The van der Waals surface area contributed by atoms with E-state index in [4.69, 9.17) is 0 Å². The van der Waals surface area contributed by atoms with Crippen molar-refractivity contribution in [2.45, 2.75) is 13.3 Å². The number of aromatic nitrogens is 1. The van der Waals surface area contributed by atoms with Crippen molar-refractivity contribution in [2.24, 2.45) is 10.3 Å². The van der Waals surface area contributed by atoms with Gasteiger partial charge in [-0.15, -0.1) is 0 Å². The Morgan fingerprint density at radius 2 is 2.50 bits per heavy atom. The predicted molar refractivity (Wildman–Crippen MR) is 47.9 cm³/mol. The van der Waals surface area contributed by atoms with Gasteiger partial charge in [0.2, 0.25) is 0 Å². The van der Waals surface area contributed by atoms with E-state index in [1.165, 1.54) is 0 Å². The second-order valence-corrected chi connectivity index (χ2v) is 2.32. The van der Waals surface area contributed by atoms with Crippen LogP contribution in [0, 0.1) is 0 Å². The Labute approximate surface area is 71.7 Å². The lowest BCUT2D eigenvalue weighted by Gasteiger charge is -1.95. The van der Waals surface area contributed by atoms with E-state index in [2.05, 4.69) is 27.7 Å². The van der Waals surface area contributed by atoms with Gasteiger partial charge in [0.1, 0.15) is 0 Å². The predicted octanol–water partition coefficient (Wildman–Crippen LogP) is 2.27. The van der Waals surface area contributed by atoms with Gasteiger partial charge < -0.3 is 0 Å². The molecule has 4 heteroatoms. The van der Waals surface area contributed by atoms with Crippen LogP contribution in [0.25, 0.3) is 0 Å². The molecule has 0 atom stereocenters. The first kappa shape index (κ1) is 8.64. The van der Waals surface area contributed by atoms with Gasteiger partial charge in [-0.05, 0) is 18.6 Å². The van der Waals surface area contributed by atoms with Crippen molar-refractivity contribution in [1.29, 1.82) is 0 Å². The fourth-order valence-electron chi connectivity index (χ4n) is 0.672. The number of anilines is 1. The Bertz CT molecular complexity index is 232. The molecule has 64 valence electrons. The Kier molecular flexibility index (Phi) is 3.77. The van der Waals surface area contributed by atoms with Crippen LogP contribution in [0.5, 0.6) is 0 Å². The highest BCUT2D eigenvalue weighted by Crippen LogP contribution is 2.01. The third-order valence-electron chi connectivity index (χ3n) is 1.23. The van der Waals surface area contributed by atoms with Crippen LogP contribution < -0.4 is 5.43 Å². The van der Waals surface area contributed by atoms with Crippen molar-refractivity contribution < 1.29 is 0 Å². The molecule has 0 aliphatic carbocycles. The highest BCUT2D eigenvalue weighted by atomic mass is 15.4. The molecule has 1 aromatic rings. The molecule has 0 radical (unpaired) electrons. The van der Waals surface area contributed by atoms with Crippen LogP contribution in [0.1, 0.15) is 13.3 Å². The first-order valence-corrected chi connectivity index (χ1v) is 3.96. The van der Waals surface area contributed by atoms with E-state index < -0.39 is 0 Å². The number of nitrogens with zero attached hydrogens (tertiary/aromatic N) is 3. The van der Waals surface area contributed by atoms with E-state index in [9.17, 15) is 0 Å². The number of rotatable bonds is 4. The van der Waals surface area contributed by atoms with Gasteiger partial charge >= 0.3 is 0 Å². The van der Waals surface area contributed by atoms with E-state index in [0.717, 1.165) is 18.7 Å². The molecule has 1 rings (SSSR count). The topological polar surface area (TPSA) is 49.6 Å². The van der Waals surface area contributed by atoms with Crippen LogP contribution in [-0.4, -0.2) is 11.5 Å². The van der Waals surface area contributed by atoms with E-state index in [0.29, 0.717) is 0 Å². The maximum Gasteiger partial charge on any atom is 0.0762 e. The minimum absolute atomic E-state index is 0.757. The van der Waals surface area contributed by atoms with E-state index in [1.807, 2.05) is 12.1 Å². The molecule has 0 saturated heterocycles. The van der Waals surface area contributed by atoms with Crippen LogP contribution in [0.4, 0.5) is 5.69 Å². The van der Waals surface area contributed by atoms with Crippen LogP contribution in [0.3, 0.4) is 0 Å². The first-order chi connectivity index (χ1) is 5.93. The zero-order valence-corrected chi connectivity index (χ0v) is 7.07. The molecular weight excluding hydrogens is 152 g/mol. The molecule has 12 heavy (non-hydrogen) atoms. The zero-order chi connectivity index (χ0) is 8.65. The van der Waals surface area contributed by atoms with Crippen LogP contribution >= 0.6 is 0 Å². The third kappa shape index (κ3) is 3.09. The van der Waals surface area contributed by atoms with Gasteiger partial charge in [-0.3, -0.25) is 10.4 Å². The molecule has 0 fully saturated rings. The number of hydrogen-bond donors (Lipinski definition) is 1. The molecule has 0 aromatic carbocycles. The highest BCUT2D eigenvalue weighted by Gasteiger charge is 1.84. The summed E-state index contributed by atoms with van der Waals surface area (Å²) in [6.45, 7) is 2.82. The largest absolute Gasteiger partial charge is 0.263 e. The van der Waals surface area contributed by atoms with Gasteiger partial charge in [-0.2, -0.15) is 5.11 Å². The summed E-state index contributed by atoms with van der Waals surface area (Å²) >= 11 is 0. The molecule has 0 amide bonds. The summed E-state index contributed by atoms with van der Waals surface area (Å²) in [7, 11) is 0. The maximum atomic E-state index is 3.92. The van der Waals surface area contributed by atoms with Crippen molar-refractivity contribution in [3.05, 3.63) is 24.5 Å². The normalized spacial score (nSPS) is 10.4. The van der Waals surface area contributed by atoms with E-state index in [-0.39, 0.29) is 0 Å². The average molecular weight is 164 g/mol. The molecule has 0 aliphatic heterocycles. The fraction of sp³-hybridized carbons (Fsp3) is 0.375. The summed E-state index contributed by atoms with van der Waals surface area (Å²) < 4.78 is 0. The molecule has 0 unspecified atom stereocenters. The number of hydrogen-bond acceptors (Lipinski definition) is 3. The minimum atomic E-state index is 0.757. The molecule has 1 N–H and O–H groups in total. The molecular formula is C8H12N4. The van der Waals surface area contributed by atoms with Gasteiger partial charge in [0, 0.05) is 6.20 Å². The van der Waals surface area contributed by atoms with Crippen molar-refractivity contribution in [3.8, 4) is 0 Å². The molecule has 0 saturated carbocycles. The van der Waals surface area contributed by atoms with Crippen LogP contribution in [0.2, 0.25) is 0 Å². The number of nitrogens with one attached hydrogen (secondary N) is 1. The SMILES string of the molecule is CCCN=NNc1cccnc1. The lowest BCUT2D eigenvalue weighted by Crippen LogP contribution is -1.87. The Hall–Kier alpha value is -1.45. The minimum Gasteiger partial charge on any atom is -0.263 e. The average Bonchev–Trinajstić information content (AvgIpc) is 2.14. The lowest BCUT2D eigenvalue weighted by molar-refractivity contribution is 0.857. The molecule has 0 spiro atoms. The lowest BCUT2D eigenvalue weighted by atomic mass is 10.4. The quantitative estimate of drug-likeness (QED) is 0.548. The van der Waals surface area contributed by atoms with E-state index >= 15 is 0 Å². The third-order valence-corrected chi connectivity index (χ3v) is 1.23. The van der Waals surface area contributed by atoms with Gasteiger partial charge in [0.15, 0.2) is 0 Å². The number of pyridine rings is 1. The van der Waals surface area contributed by atoms with Gasteiger partial charge in [-0.25, -0.2) is 0 Å². The maximum absolute atomic E-state index is 3.92. The monoisotopic (exact) mass is 164 g/mol. The van der Waals surface area contributed by atoms with Crippen molar-refractivity contribution in [2.75, 3.05) is 12.0 Å². The molecule has 0 aliphatic rings. The Balaban J connectivity index is 2.33. The smallest absolute Gasteiger partial charge is 0.0762 e. The van der Waals surface area contributed by atoms with Crippen molar-refractivity contribution in [1.82, 2.24) is 4.98 Å². The fourth-order valence-corrected chi connectivity index (χ4v) is 0.672. The summed E-state index contributed by atoms with van der Waals surface area (Å²) in [4.78, 5) is 3.92. The highest BCUT2D eigenvalue weighted by molar-refractivity contribution is 5.38. The van der Waals surface area contributed by atoms with E-state index in [1.54, 1.807) is 12.4 Å². The van der Waals surface area contributed by atoms with Crippen molar-refractivity contribution >= 4 is 5.69 Å². The Morgan fingerprint density at radius 3 is 3.17 bits per heavy atom. The molecule has 4 nitrogen and oxygen atoms in total. The summed E-state index contributed by atoms with van der Waals surface area (Å²) in [5.41, 5.74) is 3.63. The van der Waals surface area contributed by atoms with Gasteiger partial charge in [0.05, 0.1) is 18.4 Å². The Morgan fingerprint density at radius 1 is 1.58 bits per heavy atom. The standard InChI is InChI=1S/C8H12N4/c1-2-5-10-12-11-8-4-3-6-9-7-8/h3-4,6-7H,2,5H2,1H3,(H,10,11). The summed E-state index contributed by atoms with van der Waals surface area (Å²) in [6, 6.07) is 3.73. The van der Waals surface area contributed by atoms with Gasteiger partial charge in [0.25, 0.3) is 0 Å². The van der Waals surface area contributed by atoms with Crippen molar-refractivity contribution in [3.63, 3.8) is 0 Å². The first-order valence-electron chi connectivity index (χ1n) is 3.96.